The molecule has 3 aromatic carbocycles. The van der Waals surface area contributed by atoms with Crippen LogP contribution < -0.4 is 14.9 Å². The summed E-state index contributed by atoms with van der Waals surface area (Å²) in [6, 6.07) is 15.5. The van der Waals surface area contributed by atoms with Crippen molar-refractivity contribution >= 4 is 39.0 Å². The summed E-state index contributed by atoms with van der Waals surface area (Å²) in [5.41, 5.74) is 5.69. The van der Waals surface area contributed by atoms with E-state index in [0.717, 1.165) is 16.6 Å². The number of benzene rings is 3. The van der Waals surface area contributed by atoms with E-state index in [9.17, 15) is 13.6 Å². The highest BCUT2D eigenvalue weighted by Crippen LogP contribution is 2.25. The summed E-state index contributed by atoms with van der Waals surface area (Å²) in [6.07, 6.45) is 1.48. The van der Waals surface area contributed by atoms with E-state index in [-0.39, 0.29) is 18.3 Å². The van der Waals surface area contributed by atoms with Crippen LogP contribution in [0.2, 0.25) is 0 Å². The molecule has 0 bridgehead atoms. The van der Waals surface area contributed by atoms with Crippen LogP contribution >= 0.6 is 15.9 Å². The molecule has 0 radical (unpaired) electrons. The molecule has 0 fully saturated rings. The molecule has 6 nitrogen and oxygen atoms in total. The second-order valence-corrected chi connectivity index (χ2v) is 8.52. The molecule has 4 aromatic rings. The van der Waals surface area contributed by atoms with Gasteiger partial charge in [0.2, 0.25) is 0 Å². The minimum Gasteiger partial charge on any atom is -0.496 e. The second kappa shape index (κ2) is 10.6. The molecule has 178 valence electrons. The van der Waals surface area contributed by atoms with Gasteiger partial charge in [-0.1, -0.05) is 15.9 Å². The van der Waals surface area contributed by atoms with Gasteiger partial charge in [0.25, 0.3) is 5.91 Å². The largest absolute Gasteiger partial charge is 0.496 e. The molecular weight excluding hydrogens is 520 g/mol. The van der Waals surface area contributed by atoms with Gasteiger partial charge in [0.15, 0.2) is 11.6 Å². The topological polar surface area (TPSA) is 72.8 Å². The molecule has 0 aliphatic rings. The van der Waals surface area contributed by atoms with Crippen LogP contribution in [0, 0.1) is 18.6 Å². The lowest BCUT2D eigenvalue weighted by molar-refractivity contribution is 0.0956. The summed E-state index contributed by atoms with van der Waals surface area (Å²) in [7, 11) is 1.50. The van der Waals surface area contributed by atoms with E-state index in [1.807, 2.05) is 25.1 Å². The number of hydrazone groups is 1. The van der Waals surface area contributed by atoms with Crippen molar-refractivity contribution in [3.8, 4) is 11.5 Å². The second-order valence-electron chi connectivity index (χ2n) is 7.61. The van der Waals surface area contributed by atoms with Crippen molar-refractivity contribution in [1.29, 1.82) is 0 Å². The predicted molar refractivity (Wildman–Crippen MR) is 133 cm³/mol. The minimum absolute atomic E-state index is 0.0169. The molecule has 9 heteroatoms. The van der Waals surface area contributed by atoms with E-state index >= 15 is 0 Å². The molecule has 0 unspecified atom stereocenters. The number of halogens is 3. The number of nitrogens with zero attached hydrogens (tertiary/aromatic N) is 2. The van der Waals surface area contributed by atoms with E-state index in [1.165, 1.54) is 19.4 Å². The normalized spacial score (nSPS) is 11.1. The Kier molecular flexibility index (Phi) is 7.36. The first-order chi connectivity index (χ1) is 16.8. The summed E-state index contributed by atoms with van der Waals surface area (Å²) >= 11 is 3.42. The fourth-order valence-corrected chi connectivity index (χ4v) is 3.84. The average Bonchev–Trinajstić information content (AvgIpc) is 2.83. The molecule has 4 rings (SSSR count). The smallest absolute Gasteiger partial charge is 0.272 e. The number of ether oxygens (including phenoxy) is 2. The van der Waals surface area contributed by atoms with E-state index in [2.05, 4.69) is 31.4 Å². The summed E-state index contributed by atoms with van der Waals surface area (Å²) in [5.74, 6) is -1.41. The van der Waals surface area contributed by atoms with Gasteiger partial charge in [-0.3, -0.25) is 9.78 Å². The Morgan fingerprint density at radius 1 is 1.09 bits per heavy atom. The lowest BCUT2D eigenvalue weighted by Crippen LogP contribution is -2.18. The Balaban J connectivity index is 1.50. The summed E-state index contributed by atoms with van der Waals surface area (Å²) in [6.45, 7) is 1.80. The monoisotopic (exact) mass is 539 g/mol. The first-order valence-electron chi connectivity index (χ1n) is 10.5. The van der Waals surface area contributed by atoms with Crippen LogP contribution in [-0.4, -0.2) is 24.2 Å². The number of hydrogen-bond donors (Lipinski definition) is 1. The van der Waals surface area contributed by atoms with Gasteiger partial charge in [0, 0.05) is 27.2 Å². The van der Waals surface area contributed by atoms with Crippen molar-refractivity contribution in [1.82, 2.24) is 10.4 Å². The Hall–Kier alpha value is -3.85. The van der Waals surface area contributed by atoms with Gasteiger partial charge in [0.05, 0.1) is 24.4 Å². The Morgan fingerprint density at radius 2 is 1.89 bits per heavy atom. The number of aryl methyl sites for hydroxylation is 1. The van der Waals surface area contributed by atoms with Crippen molar-refractivity contribution in [3.05, 3.63) is 99.2 Å². The van der Waals surface area contributed by atoms with Gasteiger partial charge in [-0.05, 0) is 67.1 Å². The fraction of sp³-hybridized carbons (Fsp3) is 0.115. The number of nitrogens with one attached hydrogen (secondary N) is 1. The Bertz CT molecular complexity index is 1440. The van der Waals surface area contributed by atoms with Crippen molar-refractivity contribution in [3.63, 3.8) is 0 Å². The molecule has 1 amide bonds. The standard InChI is InChI=1S/C26H20BrF2N3O3/c1-15-9-21(20-11-18(27)4-6-23(20)31-15)26(33)32-30-13-16-3-7-24(34-2)17(10-16)14-35-25-8-5-19(28)12-22(25)29/h3-13H,14H2,1-2H3,(H,32,33)/b30-13+. The van der Waals surface area contributed by atoms with E-state index < -0.39 is 11.6 Å². The number of carbonyl (C=O) groups excluding carboxylic acids is 1. The third kappa shape index (κ3) is 5.81. The zero-order valence-corrected chi connectivity index (χ0v) is 20.4. The van der Waals surface area contributed by atoms with Gasteiger partial charge in [-0.2, -0.15) is 5.10 Å². The lowest BCUT2D eigenvalue weighted by atomic mass is 10.1. The maximum Gasteiger partial charge on any atom is 0.272 e. The molecule has 1 N–H and O–H groups in total. The highest BCUT2D eigenvalue weighted by atomic mass is 79.9. The van der Waals surface area contributed by atoms with Gasteiger partial charge in [-0.25, -0.2) is 14.2 Å². The van der Waals surface area contributed by atoms with Crippen LogP contribution in [0.1, 0.15) is 27.2 Å². The van der Waals surface area contributed by atoms with Crippen LogP contribution in [0.3, 0.4) is 0 Å². The number of carbonyl (C=O) groups is 1. The minimum atomic E-state index is -0.796. The number of rotatable bonds is 7. The maximum absolute atomic E-state index is 13.9. The first-order valence-corrected chi connectivity index (χ1v) is 11.3. The SMILES string of the molecule is COc1ccc(/C=N/NC(=O)c2cc(C)nc3ccc(Br)cc23)cc1COc1ccc(F)cc1F. The van der Waals surface area contributed by atoms with Crippen LogP contribution in [0.4, 0.5) is 8.78 Å². The van der Waals surface area contributed by atoms with Crippen molar-refractivity contribution in [2.24, 2.45) is 5.10 Å². The summed E-state index contributed by atoms with van der Waals surface area (Å²) < 4.78 is 38.7. The van der Waals surface area contributed by atoms with Crippen LogP contribution in [0.15, 0.2) is 70.2 Å². The number of hydrogen-bond acceptors (Lipinski definition) is 5. The van der Waals surface area contributed by atoms with Crippen LogP contribution in [0.25, 0.3) is 10.9 Å². The third-order valence-electron chi connectivity index (χ3n) is 5.10. The summed E-state index contributed by atoms with van der Waals surface area (Å²) in [5, 5.41) is 4.78. The lowest BCUT2D eigenvalue weighted by Gasteiger charge is -2.12. The molecule has 0 spiro atoms. The molecule has 1 heterocycles. The number of aromatic nitrogens is 1. The van der Waals surface area contributed by atoms with Crippen LogP contribution in [-0.2, 0) is 6.61 Å². The number of fused-ring (bicyclic) bond motifs is 1. The Morgan fingerprint density at radius 3 is 2.66 bits per heavy atom. The quantitative estimate of drug-likeness (QED) is 0.233. The van der Waals surface area contributed by atoms with Crippen molar-refractivity contribution in [2.75, 3.05) is 7.11 Å². The van der Waals surface area contributed by atoms with Gasteiger partial charge >= 0.3 is 0 Å². The van der Waals surface area contributed by atoms with Crippen molar-refractivity contribution in [2.45, 2.75) is 13.5 Å². The maximum atomic E-state index is 13.9. The fourth-order valence-electron chi connectivity index (χ4n) is 3.48. The third-order valence-corrected chi connectivity index (χ3v) is 5.60. The molecule has 0 atom stereocenters. The van der Waals surface area contributed by atoms with E-state index in [0.29, 0.717) is 39.0 Å². The van der Waals surface area contributed by atoms with Gasteiger partial charge in [-0.15, -0.1) is 0 Å². The molecule has 0 saturated carbocycles. The average molecular weight is 540 g/mol. The molecule has 0 aliphatic heterocycles. The van der Waals surface area contributed by atoms with Crippen molar-refractivity contribution < 1.29 is 23.0 Å². The molecule has 0 saturated heterocycles. The van der Waals surface area contributed by atoms with Gasteiger partial charge < -0.3 is 9.47 Å². The zero-order chi connectivity index (χ0) is 24.9. The molecule has 35 heavy (non-hydrogen) atoms. The molecular formula is C26H20BrF2N3O3. The first kappa shape index (κ1) is 24.3. The zero-order valence-electron chi connectivity index (χ0n) is 18.8. The van der Waals surface area contributed by atoms with E-state index in [1.54, 1.807) is 24.3 Å². The molecule has 0 aliphatic carbocycles. The summed E-state index contributed by atoms with van der Waals surface area (Å²) in [4.78, 5) is 17.3. The number of pyridine rings is 1. The predicted octanol–water partition coefficient (Wildman–Crippen LogP) is 5.94. The van der Waals surface area contributed by atoms with Gasteiger partial charge in [0.1, 0.15) is 18.2 Å². The molecule has 1 aromatic heterocycles. The van der Waals surface area contributed by atoms with E-state index in [4.69, 9.17) is 9.47 Å². The van der Waals surface area contributed by atoms with Crippen LogP contribution in [0.5, 0.6) is 11.5 Å². The highest BCUT2D eigenvalue weighted by Gasteiger charge is 2.12. The number of amides is 1. The Labute approximate surface area is 208 Å². The number of methoxy groups -OCH3 is 1. The highest BCUT2D eigenvalue weighted by molar-refractivity contribution is 9.10.